The second-order valence-corrected chi connectivity index (χ2v) is 21.5. The van der Waals surface area contributed by atoms with Crippen molar-refractivity contribution in [3.63, 3.8) is 0 Å². The fraction of sp³-hybridized carbons (Fsp3) is 0.785. The maximum atomic E-state index is 13.4. The van der Waals surface area contributed by atoms with E-state index >= 15 is 0 Å². The molecule has 11 heteroatoms. The number of rotatable bonds is 52. The Kier molecular flexibility index (Phi) is 49.4. The van der Waals surface area contributed by atoms with Crippen LogP contribution in [0.1, 0.15) is 265 Å². The first-order chi connectivity index (χ1) is 37.2. The monoisotopic (exact) mass is 1070 g/mol. The van der Waals surface area contributed by atoms with E-state index in [1.807, 2.05) is 48.6 Å². The fourth-order valence-corrected chi connectivity index (χ4v) is 9.48. The third-order valence-electron chi connectivity index (χ3n) is 14.4. The number of hydrogen-bond acceptors (Lipinski definition) is 10. The van der Waals surface area contributed by atoms with Gasteiger partial charge in [0.15, 0.2) is 12.4 Å². The van der Waals surface area contributed by atoms with Crippen LogP contribution in [0.15, 0.2) is 72.9 Å². The Morgan fingerprint density at radius 2 is 0.961 bits per heavy atom. The minimum atomic E-state index is -1.62. The summed E-state index contributed by atoms with van der Waals surface area (Å²) in [5.74, 6) is -1.23. The molecule has 0 aliphatic carbocycles. The largest absolute Gasteiger partial charge is 0.454 e. The first-order valence-corrected chi connectivity index (χ1v) is 31.3. The Balaban J connectivity index is 2.62. The number of carbonyl (C=O) groups excluding carboxylic acids is 2. The highest BCUT2D eigenvalue weighted by atomic mass is 16.7. The highest BCUT2D eigenvalue weighted by Gasteiger charge is 2.47. The highest BCUT2D eigenvalue weighted by Crippen LogP contribution is 2.26. The standard InChI is InChI=1S/C65H115NO10/c1-4-7-10-13-16-19-22-25-26-27-28-29-30-31-32-33-34-35-38-41-44-47-50-53-60(70)76-63-62(72)61(71)59(54-67)75-65(63)74-55-56(57(68)51-48-45-42-39-36-23-20-17-14-11-8-5-2)66-64(73)58(69)52-49-46-43-40-37-24-21-18-15-12-9-6-3/h9,12,15,18,21,24-26,37,40,48,51,56-59,61-63,65,67-69,71-72H,4-8,10-11,13-14,16-17,19-20,22-23,27-36,38-39,41-47,49-50,52-55H2,1-3H3,(H,66,73)/b12-9+,18-15+,24-21-,26-25+,40-37-,51-48+. The minimum absolute atomic E-state index is 0.117. The van der Waals surface area contributed by atoms with Gasteiger partial charge in [-0.25, -0.2) is 0 Å². The summed E-state index contributed by atoms with van der Waals surface area (Å²) in [7, 11) is 0. The SMILES string of the molecule is CC/C=C/C=C/C=C\C=C/CCCCC(O)C(=O)NC(COC1OC(CO)C(O)C(O)C1OC(=O)CCCCCCCCCCCCCCC/C=C/CCCCCCCC)C(O)/C=C/CCCCCCCCCCCC. The zero-order chi connectivity index (χ0) is 55.4. The summed E-state index contributed by atoms with van der Waals surface area (Å²) in [6, 6.07) is -1.05. The summed E-state index contributed by atoms with van der Waals surface area (Å²) >= 11 is 0. The summed E-state index contributed by atoms with van der Waals surface area (Å²) in [4.78, 5) is 26.5. The van der Waals surface area contributed by atoms with Crippen molar-refractivity contribution in [2.24, 2.45) is 0 Å². The average Bonchev–Trinajstić information content (AvgIpc) is 3.42. The van der Waals surface area contributed by atoms with Crippen molar-refractivity contribution in [3.05, 3.63) is 72.9 Å². The molecular formula is C65H115NO10. The van der Waals surface area contributed by atoms with Gasteiger partial charge in [-0.1, -0.05) is 261 Å². The minimum Gasteiger partial charge on any atom is -0.454 e. The lowest BCUT2D eigenvalue weighted by Crippen LogP contribution is -2.61. The number of unbranched alkanes of at least 4 members (excludes halogenated alkanes) is 31. The van der Waals surface area contributed by atoms with Gasteiger partial charge in [-0.3, -0.25) is 9.59 Å². The third kappa shape index (κ3) is 40.3. The van der Waals surface area contributed by atoms with Crippen LogP contribution in [0.4, 0.5) is 0 Å². The number of carbonyl (C=O) groups is 2. The van der Waals surface area contributed by atoms with Gasteiger partial charge in [0.2, 0.25) is 5.91 Å². The Bertz CT molecular complexity index is 1510. The molecule has 1 heterocycles. The molecule has 6 N–H and O–H groups in total. The molecule has 0 aromatic rings. The molecule has 0 aromatic carbocycles. The molecule has 76 heavy (non-hydrogen) atoms. The van der Waals surface area contributed by atoms with E-state index in [1.165, 1.54) is 154 Å². The topological polar surface area (TPSA) is 175 Å². The molecule has 0 radical (unpaired) electrons. The summed E-state index contributed by atoms with van der Waals surface area (Å²) in [6.07, 6.45) is 56.7. The van der Waals surface area contributed by atoms with Gasteiger partial charge in [0.25, 0.3) is 0 Å². The van der Waals surface area contributed by atoms with Crippen molar-refractivity contribution < 1.29 is 49.3 Å². The predicted molar refractivity (Wildman–Crippen MR) is 315 cm³/mol. The molecule has 0 aromatic heterocycles. The molecule has 1 rings (SSSR count). The molecule has 1 aliphatic heterocycles. The van der Waals surface area contributed by atoms with Crippen LogP contribution in [0.25, 0.3) is 0 Å². The van der Waals surface area contributed by atoms with Gasteiger partial charge < -0.3 is 45.1 Å². The van der Waals surface area contributed by atoms with E-state index in [1.54, 1.807) is 6.08 Å². The van der Waals surface area contributed by atoms with Crippen molar-refractivity contribution >= 4 is 11.9 Å². The molecule has 1 aliphatic rings. The van der Waals surface area contributed by atoms with Gasteiger partial charge in [-0.05, 0) is 70.6 Å². The first-order valence-electron chi connectivity index (χ1n) is 31.3. The average molecular weight is 1070 g/mol. The number of allylic oxidation sites excluding steroid dienone is 11. The number of nitrogens with one attached hydrogen (secondary N) is 1. The zero-order valence-corrected chi connectivity index (χ0v) is 48.6. The van der Waals surface area contributed by atoms with Gasteiger partial charge in [-0.15, -0.1) is 0 Å². The summed E-state index contributed by atoms with van der Waals surface area (Å²) in [5, 5.41) is 56.8. The van der Waals surface area contributed by atoms with Gasteiger partial charge in [0.05, 0.1) is 25.4 Å². The van der Waals surface area contributed by atoms with E-state index in [2.05, 4.69) is 44.3 Å². The van der Waals surface area contributed by atoms with Crippen LogP contribution in [0.2, 0.25) is 0 Å². The van der Waals surface area contributed by atoms with Crippen molar-refractivity contribution in [3.8, 4) is 0 Å². The van der Waals surface area contributed by atoms with Crippen molar-refractivity contribution in [2.75, 3.05) is 13.2 Å². The Hall–Kier alpha value is -2.90. The maximum Gasteiger partial charge on any atom is 0.306 e. The van der Waals surface area contributed by atoms with E-state index in [4.69, 9.17) is 14.2 Å². The molecule has 0 saturated carbocycles. The lowest BCUT2D eigenvalue weighted by Gasteiger charge is -2.41. The molecular weight excluding hydrogens is 955 g/mol. The molecule has 8 atom stereocenters. The van der Waals surface area contributed by atoms with Gasteiger partial charge in [0, 0.05) is 6.42 Å². The van der Waals surface area contributed by atoms with Crippen molar-refractivity contribution in [1.82, 2.24) is 5.32 Å². The van der Waals surface area contributed by atoms with Crippen LogP contribution < -0.4 is 5.32 Å². The van der Waals surface area contributed by atoms with Crippen LogP contribution in [-0.2, 0) is 23.8 Å². The number of aliphatic hydroxyl groups is 5. The van der Waals surface area contributed by atoms with E-state index in [9.17, 15) is 35.1 Å². The van der Waals surface area contributed by atoms with Gasteiger partial charge in [-0.2, -0.15) is 0 Å². The molecule has 11 nitrogen and oxygen atoms in total. The number of amides is 1. The Morgan fingerprint density at radius 1 is 0.526 bits per heavy atom. The van der Waals surface area contributed by atoms with E-state index in [-0.39, 0.29) is 19.4 Å². The Labute approximate surface area is 464 Å². The third-order valence-corrected chi connectivity index (χ3v) is 14.4. The van der Waals surface area contributed by atoms with Crippen LogP contribution in [0.5, 0.6) is 0 Å². The second-order valence-electron chi connectivity index (χ2n) is 21.5. The van der Waals surface area contributed by atoms with E-state index in [0.717, 1.165) is 64.2 Å². The van der Waals surface area contributed by atoms with Crippen molar-refractivity contribution in [1.29, 1.82) is 0 Å². The van der Waals surface area contributed by atoms with E-state index in [0.29, 0.717) is 12.8 Å². The Morgan fingerprint density at radius 3 is 1.46 bits per heavy atom. The molecule has 8 unspecified atom stereocenters. The first kappa shape index (κ1) is 71.1. The van der Waals surface area contributed by atoms with Gasteiger partial charge >= 0.3 is 5.97 Å². The molecule has 1 amide bonds. The number of hydrogen-bond donors (Lipinski definition) is 6. The predicted octanol–water partition coefficient (Wildman–Crippen LogP) is 14.8. The lowest BCUT2D eigenvalue weighted by atomic mass is 9.99. The molecule has 0 bridgehead atoms. The molecule has 440 valence electrons. The van der Waals surface area contributed by atoms with E-state index < -0.39 is 67.4 Å². The summed E-state index contributed by atoms with van der Waals surface area (Å²) in [6.45, 7) is 5.62. The summed E-state index contributed by atoms with van der Waals surface area (Å²) in [5.41, 5.74) is 0. The highest BCUT2D eigenvalue weighted by molar-refractivity contribution is 5.80. The number of esters is 1. The number of ether oxygens (including phenoxy) is 3. The quantitative estimate of drug-likeness (QED) is 0.0149. The van der Waals surface area contributed by atoms with Crippen LogP contribution in [0, 0.1) is 0 Å². The maximum absolute atomic E-state index is 13.4. The molecule has 1 fully saturated rings. The fourth-order valence-electron chi connectivity index (χ4n) is 9.48. The van der Waals surface area contributed by atoms with Crippen LogP contribution in [-0.4, -0.2) is 99.6 Å². The lowest BCUT2D eigenvalue weighted by molar-refractivity contribution is -0.305. The normalized spacial score (nSPS) is 19.6. The molecule has 0 spiro atoms. The van der Waals surface area contributed by atoms with Crippen LogP contribution >= 0.6 is 0 Å². The van der Waals surface area contributed by atoms with Crippen LogP contribution in [0.3, 0.4) is 0 Å². The number of aliphatic hydroxyl groups excluding tert-OH is 5. The second kappa shape index (κ2) is 52.8. The summed E-state index contributed by atoms with van der Waals surface area (Å²) < 4.78 is 17.6. The zero-order valence-electron chi connectivity index (χ0n) is 48.6. The molecule has 1 saturated heterocycles. The van der Waals surface area contributed by atoms with Crippen molar-refractivity contribution in [2.45, 2.75) is 314 Å². The van der Waals surface area contributed by atoms with Gasteiger partial charge in [0.1, 0.15) is 24.4 Å². The smallest absolute Gasteiger partial charge is 0.306 e.